The van der Waals surface area contributed by atoms with Gasteiger partial charge >= 0.3 is 11.9 Å². The molecule has 0 aromatic heterocycles. The molecule has 0 bridgehead atoms. The Morgan fingerprint density at radius 3 is 1.08 bits per heavy atom. The molecule has 330 valence electrons. The van der Waals surface area contributed by atoms with Crippen molar-refractivity contribution >= 4 is 11.9 Å². The number of ether oxygens (including phenoxy) is 4. The molecule has 0 fully saturated rings. The van der Waals surface area contributed by atoms with Gasteiger partial charge in [0.1, 0.15) is 46.7 Å². The number of esters is 2. The second kappa shape index (κ2) is 15.5. The maximum atomic E-state index is 13.4. The van der Waals surface area contributed by atoms with Crippen molar-refractivity contribution in [1.29, 1.82) is 0 Å². The molecule has 6 aromatic carbocycles. The minimum atomic E-state index is -1.44. The van der Waals surface area contributed by atoms with E-state index in [0.717, 1.165) is 60.7 Å². The highest BCUT2D eigenvalue weighted by molar-refractivity contribution is 5.93. The van der Waals surface area contributed by atoms with Gasteiger partial charge in [0, 0.05) is 47.2 Å². The number of benzene rings is 6. The minimum Gasteiger partial charge on any atom is -0.507 e. The molecule has 0 aliphatic carbocycles. The van der Waals surface area contributed by atoms with Crippen LogP contribution in [0.15, 0.2) is 72.8 Å². The van der Waals surface area contributed by atoms with E-state index < -0.39 is 152 Å². The molecule has 0 amide bonds. The normalized spacial score (nSPS) is 17.6. The molecule has 20 heteroatoms. The van der Waals surface area contributed by atoms with E-state index in [-0.39, 0.29) is 33.8 Å². The zero-order chi connectivity index (χ0) is 46.0. The van der Waals surface area contributed by atoms with Gasteiger partial charge in [-0.2, -0.15) is 0 Å². The van der Waals surface area contributed by atoms with Gasteiger partial charge in [-0.25, -0.2) is 9.59 Å². The summed E-state index contributed by atoms with van der Waals surface area (Å²) in [7, 11) is 0. The van der Waals surface area contributed by atoms with Crippen molar-refractivity contribution in [3.8, 4) is 103 Å². The first kappa shape index (κ1) is 41.8. The van der Waals surface area contributed by atoms with Crippen LogP contribution in [-0.2, 0) is 22.3 Å². The smallest absolute Gasteiger partial charge is 0.338 e. The second-order valence-electron chi connectivity index (χ2n) is 14.8. The lowest BCUT2D eigenvalue weighted by Gasteiger charge is -2.35. The van der Waals surface area contributed by atoms with Gasteiger partial charge in [0.05, 0.1) is 22.3 Å². The zero-order valence-electron chi connectivity index (χ0n) is 32.4. The first-order chi connectivity index (χ1) is 30.3. The Hall–Kier alpha value is -8.94. The zero-order valence-corrected chi connectivity index (χ0v) is 32.4. The van der Waals surface area contributed by atoms with Crippen LogP contribution in [0.1, 0.15) is 55.2 Å². The van der Waals surface area contributed by atoms with Crippen molar-refractivity contribution in [2.45, 2.75) is 37.3 Å². The molecular weight excluding hydrogens is 848 g/mol. The summed E-state index contributed by atoms with van der Waals surface area (Å²) >= 11 is 0. The van der Waals surface area contributed by atoms with Gasteiger partial charge in [-0.3, -0.25) is 0 Å². The molecule has 64 heavy (non-hydrogen) atoms. The lowest BCUT2D eigenvalue weighted by molar-refractivity contribution is -0.0192. The Kier molecular flexibility index (Phi) is 10.1. The first-order valence-corrected chi connectivity index (χ1v) is 18.8. The average Bonchev–Trinajstić information content (AvgIpc) is 3.24. The Bertz CT molecular complexity index is 2680. The van der Waals surface area contributed by atoms with E-state index in [2.05, 4.69) is 0 Å². The summed E-state index contributed by atoms with van der Waals surface area (Å²) < 4.78 is 23.7. The van der Waals surface area contributed by atoms with Crippen molar-refractivity contribution in [3.63, 3.8) is 0 Å². The predicted molar refractivity (Wildman–Crippen MR) is 214 cm³/mol. The van der Waals surface area contributed by atoms with Crippen LogP contribution in [0.4, 0.5) is 0 Å². The summed E-state index contributed by atoms with van der Waals surface area (Å²) in [5.74, 6) is -13.4. The SMILES string of the molecule is O=C(O[C@H]1Cc2c(cc(O)c(-c3c(O)cc4c(c3O)C[C@H](OC(=O)c3cc(O)c(O)c(O)c3)[C@@H](c3ccc(O)c(O)c3)O4)c2O)O[C@@H]1c1ccc(O)c(O)c1)c1cc(O)c(O)c(O)c1. The number of fused-ring (bicyclic) bond motifs is 2. The largest absolute Gasteiger partial charge is 0.507 e. The molecule has 0 saturated heterocycles. The van der Waals surface area contributed by atoms with Crippen LogP contribution in [0, 0.1) is 0 Å². The number of phenols is 14. The molecule has 0 spiro atoms. The molecule has 2 aliphatic heterocycles. The molecule has 6 aromatic rings. The summed E-state index contributed by atoms with van der Waals surface area (Å²) in [4.78, 5) is 26.8. The van der Waals surface area contributed by atoms with Crippen LogP contribution in [0.3, 0.4) is 0 Å². The molecule has 20 nitrogen and oxygen atoms in total. The fraction of sp³-hybridized carbons (Fsp3) is 0.136. The van der Waals surface area contributed by atoms with E-state index in [9.17, 15) is 81.1 Å². The number of hydrogen-bond donors (Lipinski definition) is 14. The van der Waals surface area contributed by atoms with E-state index in [4.69, 9.17) is 18.9 Å². The third kappa shape index (κ3) is 7.23. The van der Waals surface area contributed by atoms with Crippen LogP contribution in [0.25, 0.3) is 11.1 Å². The molecule has 14 N–H and O–H groups in total. The Morgan fingerprint density at radius 2 is 0.750 bits per heavy atom. The van der Waals surface area contributed by atoms with Gasteiger partial charge in [-0.1, -0.05) is 12.1 Å². The Labute approximate surface area is 358 Å². The summed E-state index contributed by atoms with van der Waals surface area (Å²) in [5, 5.41) is 147. The molecule has 0 radical (unpaired) electrons. The topological polar surface area (TPSA) is 354 Å². The molecule has 8 rings (SSSR count). The molecular formula is C44H34O20. The van der Waals surface area contributed by atoms with E-state index in [0.29, 0.717) is 0 Å². The maximum Gasteiger partial charge on any atom is 0.338 e. The van der Waals surface area contributed by atoms with Crippen LogP contribution < -0.4 is 9.47 Å². The second-order valence-corrected chi connectivity index (χ2v) is 14.8. The quantitative estimate of drug-likeness (QED) is 0.0737. The van der Waals surface area contributed by atoms with Gasteiger partial charge in [0.2, 0.25) is 0 Å². The van der Waals surface area contributed by atoms with Crippen molar-refractivity contribution in [2.24, 2.45) is 0 Å². The van der Waals surface area contributed by atoms with Gasteiger partial charge in [-0.05, 0) is 48.5 Å². The van der Waals surface area contributed by atoms with Crippen molar-refractivity contribution in [1.82, 2.24) is 0 Å². The minimum absolute atomic E-state index is 0.123. The van der Waals surface area contributed by atoms with Crippen LogP contribution in [-0.4, -0.2) is 95.6 Å². The monoisotopic (exact) mass is 882 g/mol. The van der Waals surface area contributed by atoms with E-state index in [1.54, 1.807) is 0 Å². The standard InChI is InChI=1S/C44H34O20/c45-21-3-1-15(5-23(21)47)41-33(63-43(59)17-7-27(51)39(57)28(52)8-17)11-19-31(61-41)13-25(49)35(37(19)55)36-26(50)14-32-20(38(36)56)12-34(42(62-32)16-2-4-22(46)24(48)6-16)64-44(60)18-9-29(53)40(58)30(54)10-18/h1-10,13-14,33-34,41-42,45-58H,11-12H2/t33-,34-,41+,42+/m0/s1. The van der Waals surface area contributed by atoms with Crippen LogP contribution in [0.5, 0.6) is 92.0 Å². The van der Waals surface area contributed by atoms with Crippen LogP contribution in [0.2, 0.25) is 0 Å². The third-order valence-corrected chi connectivity index (χ3v) is 10.7. The molecule has 4 atom stereocenters. The van der Waals surface area contributed by atoms with E-state index in [1.165, 1.54) is 12.1 Å². The third-order valence-electron chi connectivity index (χ3n) is 10.7. The Morgan fingerprint density at radius 1 is 0.406 bits per heavy atom. The highest BCUT2D eigenvalue weighted by Gasteiger charge is 2.41. The Balaban J connectivity index is 1.19. The number of carbonyl (C=O) groups is 2. The first-order valence-electron chi connectivity index (χ1n) is 18.8. The highest BCUT2D eigenvalue weighted by atomic mass is 16.6. The fourth-order valence-corrected chi connectivity index (χ4v) is 7.55. The number of carbonyl (C=O) groups excluding carboxylic acids is 2. The molecule has 0 unspecified atom stereocenters. The molecule has 2 heterocycles. The highest BCUT2D eigenvalue weighted by Crippen LogP contribution is 2.56. The summed E-state index contributed by atoms with van der Waals surface area (Å²) in [5.41, 5.74) is -2.08. The number of rotatable bonds is 7. The summed E-state index contributed by atoms with van der Waals surface area (Å²) in [6.45, 7) is 0. The molecule has 2 aliphatic rings. The lowest BCUT2D eigenvalue weighted by atomic mass is 9.87. The summed E-state index contributed by atoms with van der Waals surface area (Å²) in [6.07, 6.45) is -6.42. The van der Waals surface area contributed by atoms with Gasteiger partial charge in [0.25, 0.3) is 0 Å². The lowest BCUT2D eigenvalue weighted by Crippen LogP contribution is -2.35. The fourth-order valence-electron chi connectivity index (χ4n) is 7.55. The van der Waals surface area contributed by atoms with Gasteiger partial charge in [0.15, 0.2) is 69.7 Å². The van der Waals surface area contributed by atoms with Gasteiger partial charge in [-0.15, -0.1) is 0 Å². The predicted octanol–water partition coefficient (Wildman–Crippen LogP) is 5.04. The average molecular weight is 883 g/mol. The van der Waals surface area contributed by atoms with E-state index >= 15 is 0 Å². The van der Waals surface area contributed by atoms with Crippen LogP contribution >= 0.6 is 0 Å². The maximum absolute atomic E-state index is 13.4. The van der Waals surface area contributed by atoms with Crippen molar-refractivity contribution < 1.29 is 100 Å². The van der Waals surface area contributed by atoms with E-state index in [1.807, 2.05) is 0 Å². The number of aromatic hydroxyl groups is 14. The summed E-state index contributed by atoms with van der Waals surface area (Å²) in [6, 6.07) is 12.3. The van der Waals surface area contributed by atoms with Gasteiger partial charge < -0.3 is 90.4 Å². The number of phenolic OH excluding ortho intramolecular Hbond substituents is 14. The van der Waals surface area contributed by atoms with Crippen molar-refractivity contribution in [2.75, 3.05) is 0 Å². The van der Waals surface area contributed by atoms with Crippen molar-refractivity contribution in [3.05, 3.63) is 106 Å². The molecule has 0 saturated carbocycles. The number of hydrogen-bond acceptors (Lipinski definition) is 20.